The monoisotopic (exact) mass is 411 g/mol. The standard InChI is InChI=1S/C23H29N3O4/c1-6-26-19-13-16(30-14(3)4)9-10-17(19)21(24)22(26)15-8-11-20(28-5)18(12-15)25-23(27)29-7-2/h8-14H,6-7,24H2,1-5H3,(H,25,27). The van der Waals surface area contributed by atoms with Crippen molar-refractivity contribution in [3.05, 3.63) is 36.4 Å². The lowest BCUT2D eigenvalue weighted by Gasteiger charge is -2.14. The molecule has 3 aromatic rings. The first kappa shape index (κ1) is 21.4. The highest BCUT2D eigenvalue weighted by Crippen LogP contribution is 2.40. The third kappa shape index (κ3) is 4.15. The van der Waals surface area contributed by atoms with Gasteiger partial charge in [0.15, 0.2) is 0 Å². The number of benzene rings is 2. The van der Waals surface area contributed by atoms with Crippen molar-refractivity contribution in [1.29, 1.82) is 0 Å². The van der Waals surface area contributed by atoms with E-state index in [2.05, 4.69) is 16.8 Å². The number of amides is 1. The van der Waals surface area contributed by atoms with Gasteiger partial charge >= 0.3 is 6.09 Å². The molecule has 3 N–H and O–H groups in total. The summed E-state index contributed by atoms with van der Waals surface area (Å²) < 4.78 is 18.4. The lowest BCUT2D eigenvalue weighted by Crippen LogP contribution is -2.14. The molecule has 0 aliphatic rings. The molecule has 1 heterocycles. The fraction of sp³-hybridized carbons (Fsp3) is 0.348. The lowest BCUT2D eigenvalue weighted by atomic mass is 10.1. The van der Waals surface area contributed by atoms with Gasteiger partial charge in [-0.05, 0) is 58.0 Å². The van der Waals surface area contributed by atoms with Crippen LogP contribution in [0, 0.1) is 0 Å². The van der Waals surface area contributed by atoms with Gasteiger partial charge in [0.25, 0.3) is 0 Å². The number of rotatable bonds is 7. The first-order valence-electron chi connectivity index (χ1n) is 10.1. The van der Waals surface area contributed by atoms with Gasteiger partial charge in [-0.25, -0.2) is 4.79 Å². The van der Waals surface area contributed by atoms with Crippen LogP contribution in [0.25, 0.3) is 22.2 Å². The molecule has 7 heteroatoms. The average Bonchev–Trinajstić information content (AvgIpc) is 2.98. The van der Waals surface area contributed by atoms with Crippen molar-refractivity contribution in [3.63, 3.8) is 0 Å². The normalized spacial score (nSPS) is 11.0. The van der Waals surface area contributed by atoms with Gasteiger partial charge in [0.2, 0.25) is 0 Å². The van der Waals surface area contributed by atoms with E-state index in [1.54, 1.807) is 20.1 Å². The van der Waals surface area contributed by atoms with Crippen LogP contribution in [0.5, 0.6) is 11.5 Å². The molecule has 0 unspecified atom stereocenters. The fourth-order valence-corrected chi connectivity index (χ4v) is 3.57. The van der Waals surface area contributed by atoms with Crippen molar-refractivity contribution >= 4 is 28.4 Å². The summed E-state index contributed by atoms with van der Waals surface area (Å²) in [7, 11) is 1.55. The molecule has 3 rings (SSSR count). The number of anilines is 2. The van der Waals surface area contributed by atoms with Gasteiger partial charge in [-0.15, -0.1) is 0 Å². The van der Waals surface area contributed by atoms with Gasteiger partial charge < -0.3 is 24.5 Å². The number of nitrogen functional groups attached to an aromatic ring is 1. The molecule has 1 amide bonds. The summed E-state index contributed by atoms with van der Waals surface area (Å²) in [4.78, 5) is 12.0. The summed E-state index contributed by atoms with van der Waals surface area (Å²) >= 11 is 0. The number of methoxy groups -OCH3 is 1. The van der Waals surface area contributed by atoms with E-state index in [1.165, 1.54) is 0 Å². The van der Waals surface area contributed by atoms with E-state index in [0.717, 1.165) is 34.5 Å². The summed E-state index contributed by atoms with van der Waals surface area (Å²) in [5.74, 6) is 1.34. The minimum Gasteiger partial charge on any atom is -0.495 e. The predicted octanol–water partition coefficient (Wildman–Crippen LogP) is 5.27. The molecule has 160 valence electrons. The van der Waals surface area contributed by atoms with Crippen molar-refractivity contribution in [2.45, 2.75) is 40.3 Å². The molecule has 1 aromatic heterocycles. The summed E-state index contributed by atoms with van der Waals surface area (Å²) in [6.45, 7) is 8.83. The molecule has 7 nitrogen and oxygen atoms in total. The summed E-state index contributed by atoms with van der Waals surface area (Å²) in [5.41, 5.74) is 10.5. The molecular weight excluding hydrogens is 382 g/mol. The van der Waals surface area contributed by atoms with Crippen LogP contribution < -0.4 is 20.5 Å². The number of ether oxygens (including phenoxy) is 3. The van der Waals surface area contributed by atoms with Gasteiger partial charge in [0, 0.05) is 23.6 Å². The number of aromatic nitrogens is 1. The quantitative estimate of drug-likeness (QED) is 0.553. The van der Waals surface area contributed by atoms with Crippen LogP contribution in [0.15, 0.2) is 36.4 Å². The molecule has 0 aliphatic carbocycles. The topological polar surface area (TPSA) is 87.7 Å². The van der Waals surface area contributed by atoms with E-state index in [-0.39, 0.29) is 12.7 Å². The molecule has 0 aliphatic heterocycles. The number of carbonyl (C=O) groups is 1. The molecule has 0 saturated carbocycles. The Morgan fingerprint density at radius 2 is 1.93 bits per heavy atom. The van der Waals surface area contributed by atoms with Crippen LogP contribution in [-0.4, -0.2) is 30.5 Å². The Morgan fingerprint density at radius 3 is 2.57 bits per heavy atom. The fourth-order valence-electron chi connectivity index (χ4n) is 3.57. The van der Waals surface area contributed by atoms with Crippen molar-refractivity contribution in [1.82, 2.24) is 4.57 Å². The summed E-state index contributed by atoms with van der Waals surface area (Å²) in [6, 6.07) is 11.5. The lowest BCUT2D eigenvalue weighted by molar-refractivity contribution is 0.168. The number of aryl methyl sites for hydroxylation is 1. The second-order valence-electron chi connectivity index (χ2n) is 7.11. The number of hydrogen-bond acceptors (Lipinski definition) is 5. The first-order chi connectivity index (χ1) is 14.4. The van der Waals surface area contributed by atoms with Crippen molar-refractivity contribution in [2.75, 3.05) is 24.8 Å². The number of nitrogens with two attached hydrogens (primary N) is 1. The largest absolute Gasteiger partial charge is 0.495 e. The predicted molar refractivity (Wildman–Crippen MR) is 120 cm³/mol. The highest BCUT2D eigenvalue weighted by Gasteiger charge is 2.19. The smallest absolute Gasteiger partial charge is 0.411 e. The zero-order valence-electron chi connectivity index (χ0n) is 18.1. The molecule has 0 saturated heterocycles. The van der Waals surface area contributed by atoms with Gasteiger partial charge in [-0.1, -0.05) is 0 Å². The molecule has 0 fully saturated rings. The van der Waals surface area contributed by atoms with Crippen molar-refractivity contribution < 1.29 is 19.0 Å². The van der Waals surface area contributed by atoms with Crippen LogP contribution in [0.4, 0.5) is 16.2 Å². The first-order valence-corrected chi connectivity index (χ1v) is 10.1. The molecule has 0 atom stereocenters. The number of nitrogens with one attached hydrogen (secondary N) is 1. The minimum absolute atomic E-state index is 0.0856. The molecule has 30 heavy (non-hydrogen) atoms. The number of nitrogens with zero attached hydrogens (tertiary/aromatic N) is 1. The summed E-state index contributed by atoms with van der Waals surface area (Å²) in [5, 5.41) is 3.69. The molecule has 2 aromatic carbocycles. The average molecular weight is 412 g/mol. The number of hydrogen-bond donors (Lipinski definition) is 2. The van der Waals surface area contributed by atoms with Crippen LogP contribution in [-0.2, 0) is 11.3 Å². The van der Waals surface area contributed by atoms with E-state index in [0.29, 0.717) is 17.1 Å². The second kappa shape index (κ2) is 8.98. The Bertz CT molecular complexity index is 1060. The van der Waals surface area contributed by atoms with E-state index in [4.69, 9.17) is 19.9 Å². The van der Waals surface area contributed by atoms with E-state index < -0.39 is 6.09 Å². The van der Waals surface area contributed by atoms with E-state index >= 15 is 0 Å². The maximum Gasteiger partial charge on any atom is 0.411 e. The molecule has 0 bridgehead atoms. The van der Waals surface area contributed by atoms with E-state index in [1.807, 2.05) is 44.2 Å². The Balaban J connectivity index is 2.13. The van der Waals surface area contributed by atoms with Gasteiger partial charge in [-0.2, -0.15) is 0 Å². The Hall–Kier alpha value is -3.35. The zero-order chi connectivity index (χ0) is 21.8. The third-order valence-electron chi connectivity index (χ3n) is 4.75. The van der Waals surface area contributed by atoms with Crippen LogP contribution in [0.2, 0.25) is 0 Å². The highest BCUT2D eigenvalue weighted by atomic mass is 16.5. The Morgan fingerprint density at radius 1 is 1.17 bits per heavy atom. The second-order valence-corrected chi connectivity index (χ2v) is 7.11. The molecule has 0 spiro atoms. The molecular formula is C23H29N3O4. The van der Waals surface area contributed by atoms with Gasteiger partial charge in [0.1, 0.15) is 11.5 Å². The van der Waals surface area contributed by atoms with Crippen molar-refractivity contribution in [2.24, 2.45) is 0 Å². The third-order valence-corrected chi connectivity index (χ3v) is 4.75. The summed E-state index contributed by atoms with van der Waals surface area (Å²) in [6.07, 6.45) is -0.449. The van der Waals surface area contributed by atoms with Crippen molar-refractivity contribution in [3.8, 4) is 22.8 Å². The number of fused-ring (bicyclic) bond motifs is 1. The minimum atomic E-state index is -0.535. The zero-order valence-corrected chi connectivity index (χ0v) is 18.1. The Kier molecular flexibility index (Phi) is 6.40. The number of carbonyl (C=O) groups excluding carboxylic acids is 1. The van der Waals surface area contributed by atoms with Crippen LogP contribution in [0.1, 0.15) is 27.7 Å². The Labute approximate surface area is 176 Å². The van der Waals surface area contributed by atoms with Crippen LogP contribution in [0.3, 0.4) is 0 Å². The molecule has 0 radical (unpaired) electrons. The van der Waals surface area contributed by atoms with Gasteiger partial charge in [-0.3, -0.25) is 5.32 Å². The SMILES string of the molecule is CCOC(=O)Nc1cc(-c2c(N)c3ccc(OC(C)C)cc3n2CC)ccc1OC. The van der Waals surface area contributed by atoms with E-state index in [9.17, 15) is 4.79 Å². The van der Waals surface area contributed by atoms with Crippen LogP contribution >= 0.6 is 0 Å². The maximum atomic E-state index is 12.0. The maximum absolute atomic E-state index is 12.0. The van der Waals surface area contributed by atoms with Gasteiger partial charge in [0.05, 0.1) is 42.4 Å². The highest BCUT2D eigenvalue weighted by molar-refractivity contribution is 6.02.